The number of benzene rings is 2. The lowest BCUT2D eigenvalue weighted by molar-refractivity contribution is 0.279. The fraction of sp³-hybridized carbons (Fsp3) is 0.160. The van der Waals surface area contributed by atoms with Crippen molar-refractivity contribution in [2.75, 3.05) is 7.11 Å². The summed E-state index contributed by atoms with van der Waals surface area (Å²) in [5.74, 6) is 1.65. The average Bonchev–Trinajstić information content (AvgIpc) is 3.19. The summed E-state index contributed by atoms with van der Waals surface area (Å²) in [5.41, 5.74) is 6.09. The number of methoxy groups -OCH3 is 1. The summed E-state index contributed by atoms with van der Waals surface area (Å²) in [6.07, 6.45) is 3.50. The number of pyridine rings is 1. The number of nitrogens with zero attached hydrogens (tertiary/aromatic N) is 3. The smallest absolute Gasteiger partial charge is 0.175 e. The van der Waals surface area contributed by atoms with Crippen LogP contribution >= 0.6 is 15.9 Å². The molecule has 2 aromatic carbocycles. The molecule has 0 atom stereocenters. The summed E-state index contributed by atoms with van der Waals surface area (Å²) in [5, 5.41) is 9.78. The van der Waals surface area contributed by atoms with E-state index in [-0.39, 0.29) is 0 Å². The zero-order chi connectivity index (χ0) is 22.7. The number of fused-ring (bicyclic) bond motifs is 1. The van der Waals surface area contributed by atoms with Gasteiger partial charge >= 0.3 is 0 Å². The second kappa shape index (κ2) is 9.25. The van der Waals surface area contributed by atoms with Gasteiger partial charge in [-0.3, -0.25) is 4.98 Å². The van der Waals surface area contributed by atoms with E-state index in [1.165, 1.54) is 5.56 Å². The van der Waals surface area contributed by atoms with Crippen LogP contribution in [0, 0.1) is 25.2 Å². The number of aromatic nitrogens is 3. The second-order valence-corrected chi connectivity index (χ2v) is 8.21. The molecule has 0 amide bonds. The lowest BCUT2D eigenvalue weighted by atomic mass is 10.1. The average molecular weight is 489 g/mol. The van der Waals surface area contributed by atoms with Gasteiger partial charge in [-0.2, -0.15) is 5.26 Å². The van der Waals surface area contributed by atoms with Crippen molar-refractivity contribution in [2.24, 2.45) is 0 Å². The molecule has 0 unspecified atom stereocenters. The molecule has 32 heavy (non-hydrogen) atoms. The predicted molar refractivity (Wildman–Crippen MR) is 128 cm³/mol. The first-order valence-corrected chi connectivity index (χ1v) is 10.8. The number of ether oxygens (including phenoxy) is 2. The minimum Gasteiger partial charge on any atom is -0.493 e. The maximum Gasteiger partial charge on any atom is 0.175 e. The Morgan fingerprint density at radius 1 is 1.19 bits per heavy atom. The zero-order valence-electron chi connectivity index (χ0n) is 17.9. The number of hydrogen-bond donors (Lipinski definition) is 1. The fourth-order valence-electron chi connectivity index (χ4n) is 3.31. The highest BCUT2D eigenvalue weighted by molar-refractivity contribution is 9.10. The van der Waals surface area contributed by atoms with Crippen molar-refractivity contribution in [2.45, 2.75) is 20.5 Å². The van der Waals surface area contributed by atoms with E-state index < -0.39 is 0 Å². The number of allylic oxidation sites excluding steroid dienone is 1. The highest BCUT2D eigenvalue weighted by Crippen LogP contribution is 2.38. The largest absolute Gasteiger partial charge is 0.493 e. The van der Waals surface area contributed by atoms with Crippen LogP contribution in [0.2, 0.25) is 0 Å². The lowest BCUT2D eigenvalue weighted by Gasteiger charge is -2.13. The van der Waals surface area contributed by atoms with Crippen molar-refractivity contribution >= 4 is 38.6 Å². The molecule has 0 saturated heterocycles. The molecular formula is C25H21BrN4O2. The number of nitrogens with one attached hydrogen (secondary N) is 1. The van der Waals surface area contributed by atoms with Crippen LogP contribution in [-0.2, 0) is 6.61 Å². The Balaban J connectivity index is 1.66. The maximum atomic E-state index is 9.78. The van der Waals surface area contributed by atoms with Crippen LogP contribution in [-0.4, -0.2) is 22.1 Å². The molecule has 0 aliphatic heterocycles. The highest BCUT2D eigenvalue weighted by atomic mass is 79.9. The van der Waals surface area contributed by atoms with Gasteiger partial charge in [0.2, 0.25) is 0 Å². The summed E-state index contributed by atoms with van der Waals surface area (Å²) in [6, 6.07) is 15.7. The first kappa shape index (κ1) is 21.6. The predicted octanol–water partition coefficient (Wildman–Crippen LogP) is 5.99. The van der Waals surface area contributed by atoms with Crippen LogP contribution in [0.15, 0.2) is 53.1 Å². The third-order valence-electron chi connectivity index (χ3n) is 5.13. The molecular weight excluding hydrogens is 468 g/mol. The third-order valence-corrected chi connectivity index (χ3v) is 5.72. The summed E-state index contributed by atoms with van der Waals surface area (Å²) >= 11 is 3.56. The van der Waals surface area contributed by atoms with Gasteiger partial charge in [0, 0.05) is 6.20 Å². The van der Waals surface area contributed by atoms with Crippen molar-refractivity contribution in [3.63, 3.8) is 0 Å². The third kappa shape index (κ3) is 4.51. The van der Waals surface area contributed by atoms with Crippen molar-refractivity contribution in [1.82, 2.24) is 15.0 Å². The number of nitriles is 1. The molecule has 4 rings (SSSR count). The zero-order valence-corrected chi connectivity index (χ0v) is 19.5. The summed E-state index contributed by atoms with van der Waals surface area (Å²) in [6.45, 7) is 4.41. The molecule has 0 aliphatic carbocycles. The molecule has 0 aliphatic rings. The quantitative estimate of drug-likeness (QED) is 0.337. The Morgan fingerprint density at radius 2 is 2.00 bits per heavy atom. The van der Waals surface area contributed by atoms with E-state index in [4.69, 9.17) is 9.47 Å². The molecule has 7 heteroatoms. The molecule has 4 aromatic rings. The van der Waals surface area contributed by atoms with E-state index in [1.807, 2.05) is 49.4 Å². The summed E-state index contributed by atoms with van der Waals surface area (Å²) < 4.78 is 12.2. The number of aryl methyl sites for hydroxylation is 2. The van der Waals surface area contributed by atoms with Crippen molar-refractivity contribution < 1.29 is 9.47 Å². The Labute approximate surface area is 194 Å². The number of halogens is 1. The molecule has 0 bridgehead atoms. The van der Waals surface area contributed by atoms with Crippen molar-refractivity contribution in [3.8, 4) is 17.6 Å². The lowest BCUT2D eigenvalue weighted by Crippen LogP contribution is -2.00. The minimum absolute atomic E-state index is 0.312. The Morgan fingerprint density at radius 3 is 2.72 bits per heavy atom. The van der Waals surface area contributed by atoms with Crippen LogP contribution in [0.4, 0.5) is 0 Å². The Hall–Kier alpha value is -3.63. The molecule has 160 valence electrons. The van der Waals surface area contributed by atoms with Crippen LogP contribution in [0.3, 0.4) is 0 Å². The SMILES string of the molecule is COc1cc(/C=C(\C#N)c2nc3cc(C)c(C)cc3[nH]2)cc(Br)c1OCc1ccccn1. The van der Waals surface area contributed by atoms with Crippen LogP contribution in [0.1, 0.15) is 28.2 Å². The van der Waals surface area contributed by atoms with Crippen molar-refractivity contribution in [3.05, 3.63) is 81.3 Å². The van der Waals surface area contributed by atoms with Crippen LogP contribution in [0.25, 0.3) is 22.7 Å². The van der Waals surface area contributed by atoms with Gasteiger partial charge in [-0.25, -0.2) is 4.98 Å². The van der Waals surface area contributed by atoms with E-state index in [2.05, 4.69) is 43.9 Å². The Kier molecular flexibility index (Phi) is 6.24. The van der Waals surface area contributed by atoms with Crippen LogP contribution in [0.5, 0.6) is 11.5 Å². The normalized spacial score (nSPS) is 11.4. The maximum absolute atomic E-state index is 9.78. The van der Waals surface area contributed by atoms with E-state index >= 15 is 0 Å². The number of imidazole rings is 1. The van der Waals surface area contributed by atoms with E-state index in [9.17, 15) is 5.26 Å². The Bertz CT molecular complexity index is 1320. The monoisotopic (exact) mass is 488 g/mol. The van der Waals surface area contributed by atoms with Gasteiger partial charge in [0.1, 0.15) is 18.5 Å². The molecule has 2 aromatic heterocycles. The van der Waals surface area contributed by atoms with E-state index in [1.54, 1.807) is 19.4 Å². The van der Waals surface area contributed by atoms with E-state index in [0.29, 0.717) is 34.0 Å². The van der Waals surface area contributed by atoms with Gasteiger partial charge in [0.15, 0.2) is 11.5 Å². The van der Waals surface area contributed by atoms with Gasteiger partial charge in [-0.1, -0.05) is 6.07 Å². The van der Waals surface area contributed by atoms with Gasteiger partial charge in [-0.15, -0.1) is 0 Å². The fourth-order valence-corrected chi connectivity index (χ4v) is 3.88. The van der Waals surface area contributed by atoms with Gasteiger partial charge in [0.05, 0.1) is 33.9 Å². The molecule has 0 spiro atoms. The number of rotatable bonds is 6. The van der Waals surface area contributed by atoms with E-state index in [0.717, 1.165) is 27.9 Å². The molecule has 0 fully saturated rings. The minimum atomic E-state index is 0.312. The first-order chi connectivity index (χ1) is 15.5. The second-order valence-electron chi connectivity index (χ2n) is 7.35. The van der Waals surface area contributed by atoms with Gasteiger partial charge in [-0.05, 0) is 88.9 Å². The van der Waals surface area contributed by atoms with Crippen molar-refractivity contribution in [1.29, 1.82) is 5.26 Å². The van der Waals surface area contributed by atoms with Gasteiger partial charge < -0.3 is 14.5 Å². The molecule has 1 N–H and O–H groups in total. The van der Waals surface area contributed by atoms with Crippen LogP contribution < -0.4 is 9.47 Å². The number of aromatic amines is 1. The molecule has 0 radical (unpaired) electrons. The van der Waals surface area contributed by atoms with Gasteiger partial charge in [0.25, 0.3) is 0 Å². The summed E-state index contributed by atoms with van der Waals surface area (Å²) in [4.78, 5) is 12.1. The molecule has 6 nitrogen and oxygen atoms in total. The molecule has 0 saturated carbocycles. The number of H-pyrrole nitrogens is 1. The number of hydrogen-bond acceptors (Lipinski definition) is 5. The topological polar surface area (TPSA) is 83.8 Å². The molecule has 2 heterocycles. The highest BCUT2D eigenvalue weighted by Gasteiger charge is 2.14. The summed E-state index contributed by atoms with van der Waals surface area (Å²) in [7, 11) is 1.58. The first-order valence-electron chi connectivity index (χ1n) is 9.98. The standard InChI is InChI=1S/C25H21BrN4O2/c1-15-8-21-22(9-16(15)2)30-25(29-21)18(13-27)10-17-11-20(26)24(23(12-17)31-3)32-14-19-6-4-5-7-28-19/h4-12H,14H2,1-3H3,(H,29,30)/b18-10+.